The van der Waals surface area contributed by atoms with Crippen molar-refractivity contribution in [3.63, 3.8) is 0 Å². The summed E-state index contributed by atoms with van der Waals surface area (Å²) in [5, 5.41) is 0. The zero-order valence-electron chi connectivity index (χ0n) is 11.7. The molecule has 0 atom stereocenters. The normalized spacial score (nSPS) is 10.7. The van der Waals surface area contributed by atoms with Gasteiger partial charge in [0.1, 0.15) is 0 Å². The summed E-state index contributed by atoms with van der Waals surface area (Å²) in [6, 6.07) is 9.96. The van der Waals surface area contributed by atoms with Gasteiger partial charge in [-0.3, -0.25) is 9.97 Å². The van der Waals surface area contributed by atoms with E-state index >= 15 is 0 Å². The summed E-state index contributed by atoms with van der Waals surface area (Å²) in [4.78, 5) is 13.2. The fraction of sp³-hybridized carbons (Fsp3) is 0.333. The molecule has 4 heteroatoms. The Morgan fingerprint density at radius 2 is 1.68 bits per heavy atom. The van der Waals surface area contributed by atoms with Crippen molar-refractivity contribution in [1.82, 2.24) is 14.9 Å². The van der Waals surface area contributed by atoms with Crippen molar-refractivity contribution in [1.29, 1.82) is 0 Å². The van der Waals surface area contributed by atoms with Crippen LogP contribution in [0, 0.1) is 0 Å². The maximum Gasteiger partial charge on any atom is 0.0887 e. The largest absolute Gasteiger partial charge is 0.372 e. The molecule has 0 radical (unpaired) electrons. The Hall–Kier alpha value is -1.94. The van der Waals surface area contributed by atoms with Gasteiger partial charge in [0.25, 0.3) is 0 Å². The summed E-state index contributed by atoms with van der Waals surface area (Å²) in [5.74, 6) is 0. The van der Waals surface area contributed by atoms with E-state index in [0.29, 0.717) is 0 Å². The summed E-state index contributed by atoms with van der Waals surface area (Å²) in [5.41, 5.74) is 2.94. The predicted molar refractivity (Wildman–Crippen MR) is 79.3 cm³/mol. The number of nitrogens with zero attached hydrogens (tertiary/aromatic N) is 4. The lowest BCUT2D eigenvalue weighted by Gasteiger charge is -2.21. The highest BCUT2D eigenvalue weighted by molar-refractivity contribution is 5.57. The van der Waals surface area contributed by atoms with E-state index in [9.17, 15) is 0 Å². The van der Waals surface area contributed by atoms with Crippen molar-refractivity contribution in [3.05, 3.63) is 42.7 Å². The molecule has 0 aliphatic carbocycles. The molecule has 2 aromatic heterocycles. The fourth-order valence-electron chi connectivity index (χ4n) is 1.76. The molecule has 0 amide bonds. The fourth-order valence-corrected chi connectivity index (χ4v) is 1.76. The van der Waals surface area contributed by atoms with Crippen molar-refractivity contribution >= 4 is 5.69 Å². The molecule has 100 valence electrons. The molecule has 0 unspecified atom stereocenters. The lowest BCUT2D eigenvalue weighted by Crippen LogP contribution is -2.28. The monoisotopic (exact) mass is 256 g/mol. The Bertz CT molecular complexity index is 493. The molecule has 0 spiro atoms. The van der Waals surface area contributed by atoms with Crippen LogP contribution in [-0.2, 0) is 0 Å². The highest BCUT2D eigenvalue weighted by atomic mass is 15.2. The second kappa shape index (κ2) is 6.29. The van der Waals surface area contributed by atoms with Crippen molar-refractivity contribution in [2.24, 2.45) is 0 Å². The Morgan fingerprint density at radius 3 is 2.26 bits per heavy atom. The number of pyridine rings is 2. The van der Waals surface area contributed by atoms with Crippen molar-refractivity contribution in [2.75, 3.05) is 39.1 Å². The number of anilines is 1. The number of aromatic nitrogens is 2. The van der Waals surface area contributed by atoms with Gasteiger partial charge in [0.05, 0.1) is 23.3 Å². The molecule has 2 heterocycles. The van der Waals surface area contributed by atoms with Gasteiger partial charge in [-0.1, -0.05) is 6.07 Å². The Balaban J connectivity index is 2.06. The van der Waals surface area contributed by atoms with Crippen molar-refractivity contribution in [2.45, 2.75) is 0 Å². The van der Waals surface area contributed by atoms with E-state index in [1.165, 1.54) is 0 Å². The van der Waals surface area contributed by atoms with Gasteiger partial charge in [-0.2, -0.15) is 0 Å². The molecule has 2 aromatic rings. The quantitative estimate of drug-likeness (QED) is 0.820. The third kappa shape index (κ3) is 3.76. The lowest BCUT2D eigenvalue weighted by atomic mass is 10.2. The first-order chi connectivity index (χ1) is 9.16. The van der Waals surface area contributed by atoms with Gasteiger partial charge in [0, 0.05) is 26.3 Å². The van der Waals surface area contributed by atoms with E-state index in [-0.39, 0.29) is 0 Å². The minimum Gasteiger partial charge on any atom is -0.372 e. The van der Waals surface area contributed by atoms with E-state index in [1.807, 2.05) is 30.5 Å². The first-order valence-corrected chi connectivity index (χ1v) is 6.40. The molecule has 0 aliphatic rings. The molecule has 0 bridgehead atoms. The van der Waals surface area contributed by atoms with Gasteiger partial charge < -0.3 is 9.80 Å². The van der Waals surface area contributed by atoms with Gasteiger partial charge in [-0.05, 0) is 38.4 Å². The number of likely N-dealkylation sites (N-methyl/N-ethyl adjacent to an activating group) is 2. The second-order valence-electron chi connectivity index (χ2n) is 4.84. The first-order valence-electron chi connectivity index (χ1n) is 6.40. The smallest absolute Gasteiger partial charge is 0.0887 e. The highest BCUT2D eigenvalue weighted by Gasteiger charge is 2.04. The maximum atomic E-state index is 4.48. The minimum absolute atomic E-state index is 0.907. The Morgan fingerprint density at radius 1 is 0.895 bits per heavy atom. The van der Waals surface area contributed by atoms with Gasteiger partial charge in [0.15, 0.2) is 0 Å². The van der Waals surface area contributed by atoms with Gasteiger partial charge in [-0.25, -0.2) is 0 Å². The molecule has 0 N–H and O–H groups in total. The zero-order chi connectivity index (χ0) is 13.7. The summed E-state index contributed by atoms with van der Waals surface area (Å²) in [6.07, 6.45) is 3.69. The second-order valence-corrected chi connectivity index (χ2v) is 4.84. The van der Waals surface area contributed by atoms with Crippen LogP contribution in [0.1, 0.15) is 0 Å². The van der Waals surface area contributed by atoms with E-state index in [4.69, 9.17) is 0 Å². The predicted octanol–water partition coefficient (Wildman–Crippen LogP) is 2.14. The maximum absolute atomic E-state index is 4.48. The molecule has 4 nitrogen and oxygen atoms in total. The van der Waals surface area contributed by atoms with Crippen LogP contribution in [0.5, 0.6) is 0 Å². The zero-order valence-corrected chi connectivity index (χ0v) is 11.7. The lowest BCUT2D eigenvalue weighted by molar-refractivity contribution is 0.416. The van der Waals surface area contributed by atoms with E-state index in [2.05, 4.69) is 47.0 Å². The van der Waals surface area contributed by atoms with Crippen LogP contribution in [0.15, 0.2) is 42.7 Å². The van der Waals surface area contributed by atoms with Crippen molar-refractivity contribution < 1.29 is 0 Å². The van der Waals surface area contributed by atoms with Crippen LogP contribution in [0.25, 0.3) is 11.4 Å². The summed E-state index contributed by atoms with van der Waals surface area (Å²) in [6.45, 7) is 2.01. The molecule has 0 aromatic carbocycles. The third-order valence-corrected chi connectivity index (χ3v) is 3.00. The van der Waals surface area contributed by atoms with Crippen LogP contribution in [0.2, 0.25) is 0 Å². The average Bonchev–Trinajstić information content (AvgIpc) is 2.46. The molecule has 0 saturated heterocycles. The third-order valence-electron chi connectivity index (χ3n) is 3.00. The SMILES string of the molecule is CN(C)CCN(C)c1ccc(-c2ccccn2)nc1. The van der Waals surface area contributed by atoms with Crippen LogP contribution in [0.3, 0.4) is 0 Å². The van der Waals surface area contributed by atoms with Gasteiger partial charge in [0.2, 0.25) is 0 Å². The summed E-state index contributed by atoms with van der Waals surface area (Å²) >= 11 is 0. The molecular weight excluding hydrogens is 236 g/mol. The number of rotatable bonds is 5. The highest BCUT2D eigenvalue weighted by Crippen LogP contribution is 2.17. The van der Waals surface area contributed by atoms with E-state index in [1.54, 1.807) is 6.20 Å². The molecule has 0 saturated carbocycles. The van der Waals surface area contributed by atoms with Gasteiger partial charge in [-0.15, -0.1) is 0 Å². The first kappa shape index (κ1) is 13.5. The molecule has 19 heavy (non-hydrogen) atoms. The Labute approximate surface area is 114 Å². The number of hydrogen-bond acceptors (Lipinski definition) is 4. The van der Waals surface area contributed by atoms with Crippen LogP contribution < -0.4 is 4.90 Å². The topological polar surface area (TPSA) is 32.3 Å². The summed E-state index contributed by atoms with van der Waals surface area (Å²) in [7, 11) is 6.24. The van der Waals surface area contributed by atoms with E-state index in [0.717, 1.165) is 30.2 Å². The van der Waals surface area contributed by atoms with Crippen LogP contribution in [0.4, 0.5) is 5.69 Å². The molecule has 0 aliphatic heterocycles. The molecule has 2 rings (SSSR count). The van der Waals surface area contributed by atoms with E-state index < -0.39 is 0 Å². The van der Waals surface area contributed by atoms with Crippen LogP contribution >= 0.6 is 0 Å². The molecular formula is C15H20N4. The summed E-state index contributed by atoms with van der Waals surface area (Å²) < 4.78 is 0. The molecule has 0 fully saturated rings. The minimum atomic E-state index is 0.907. The standard InChI is InChI=1S/C15H20N4/c1-18(2)10-11-19(3)13-7-8-15(17-12-13)14-6-4-5-9-16-14/h4-9,12H,10-11H2,1-3H3. The van der Waals surface area contributed by atoms with Crippen LogP contribution in [-0.4, -0.2) is 49.1 Å². The Kier molecular flexibility index (Phi) is 4.47. The average molecular weight is 256 g/mol. The number of hydrogen-bond donors (Lipinski definition) is 0. The van der Waals surface area contributed by atoms with Gasteiger partial charge >= 0.3 is 0 Å². The van der Waals surface area contributed by atoms with Crippen molar-refractivity contribution in [3.8, 4) is 11.4 Å².